The van der Waals surface area contributed by atoms with E-state index in [1.165, 1.54) is 0 Å². The molecule has 0 spiro atoms. The Bertz CT molecular complexity index is 434. The lowest BCUT2D eigenvalue weighted by molar-refractivity contribution is -0.152. The normalized spacial score (nSPS) is 31.4. The van der Waals surface area contributed by atoms with E-state index in [9.17, 15) is 14.7 Å². The van der Waals surface area contributed by atoms with Gasteiger partial charge >= 0.3 is 5.97 Å². The molecular formula is C16H25NO4. The summed E-state index contributed by atoms with van der Waals surface area (Å²) in [7, 11) is 1.61. The number of ether oxygens (including phenoxy) is 1. The Morgan fingerprint density at radius 2 is 1.95 bits per heavy atom. The van der Waals surface area contributed by atoms with Gasteiger partial charge < -0.3 is 14.7 Å². The van der Waals surface area contributed by atoms with E-state index < -0.39 is 17.8 Å². The number of hydrogen-bond acceptors (Lipinski definition) is 3. The molecule has 1 N–H and O–H groups in total. The van der Waals surface area contributed by atoms with Crippen LogP contribution in [0.15, 0.2) is 12.2 Å². The van der Waals surface area contributed by atoms with Crippen molar-refractivity contribution in [3.05, 3.63) is 12.2 Å². The van der Waals surface area contributed by atoms with Gasteiger partial charge in [0, 0.05) is 19.7 Å². The van der Waals surface area contributed by atoms with Crippen molar-refractivity contribution in [2.24, 2.45) is 23.7 Å². The molecule has 0 aliphatic heterocycles. The summed E-state index contributed by atoms with van der Waals surface area (Å²) in [5.74, 6) is -1.75. The highest BCUT2D eigenvalue weighted by atomic mass is 16.5. The second kappa shape index (κ2) is 6.60. The molecule has 0 saturated heterocycles. The average molecular weight is 295 g/mol. The summed E-state index contributed by atoms with van der Waals surface area (Å²) in [5.41, 5.74) is 0. The standard InChI is InChI=1S/C16H25NO4/c1-4-10(2)17(7-8-21-3)15(18)13-11-5-6-12(9-11)14(13)16(19)20/h5-6,10-14H,4,7-9H2,1-3H3,(H,19,20). The monoisotopic (exact) mass is 295 g/mol. The summed E-state index contributed by atoms with van der Waals surface area (Å²) < 4.78 is 5.09. The number of amides is 1. The molecule has 0 aromatic heterocycles. The molecule has 2 aliphatic rings. The molecule has 2 rings (SSSR count). The van der Waals surface area contributed by atoms with Gasteiger partial charge in [0.05, 0.1) is 18.4 Å². The summed E-state index contributed by atoms with van der Waals surface area (Å²) in [5, 5.41) is 9.48. The van der Waals surface area contributed by atoms with Crippen LogP contribution < -0.4 is 0 Å². The fourth-order valence-corrected chi connectivity index (χ4v) is 3.64. The van der Waals surface area contributed by atoms with Crippen molar-refractivity contribution in [2.75, 3.05) is 20.3 Å². The first-order valence-corrected chi connectivity index (χ1v) is 7.71. The fraction of sp³-hybridized carbons (Fsp3) is 0.750. The van der Waals surface area contributed by atoms with E-state index in [-0.39, 0.29) is 23.8 Å². The maximum atomic E-state index is 12.9. The average Bonchev–Trinajstić information content (AvgIpc) is 3.07. The van der Waals surface area contributed by atoms with Crippen LogP contribution in [0, 0.1) is 23.7 Å². The van der Waals surface area contributed by atoms with Crippen LogP contribution in [0.2, 0.25) is 0 Å². The number of rotatable bonds is 7. The van der Waals surface area contributed by atoms with Crippen LogP contribution in [0.4, 0.5) is 0 Å². The first-order valence-electron chi connectivity index (χ1n) is 7.71. The zero-order valence-electron chi connectivity index (χ0n) is 13.0. The van der Waals surface area contributed by atoms with Gasteiger partial charge in [0.25, 0.3) is 0 Å². The van der Waals surface area contributed by atoms with Crippen LogP contribution in [-0.2, 0) is 14.3 Å². The zero-order valence-corrected chi connectivity index (χ0v) is 13.0. The lowest BCUT2D eigenvalue weighted by Gasteiger charge is -2.34. The minimum Gasteiger partial charge on any atom is -0.481 e. The molecule has 21 heavy (non-hydrogen) atoms. The third-order valence-electron chi connectivity index (χ3n) is 4.97. The maximum absolute atomic E-state index is 12.9. The smallest absolute Gasteiger partial charge is 0.307 e. The molecular weight excluding hydrogens is 270 g/mol. The second-order valence-corrected chi connectivity index (χ2v) is 6.12. The number of carboxylic acids is 1. The Kier molecular flexibility index (Phi) is 5.04. The molecule has 1 saturated carbocycles. The van der Waals surface area contributed by atoms with E-state index in [4.69, 9.17) is 4.74 Å². The molecule has 0 aromatic carbocycles. The van der Waals surface area contributed by atoms with Crippen LogP contribution in [0.25, 0.3) is 0 Å². The first kappa shape index (κ1) is 16.0. The van der Waals surface area contributed by atoms with Crippen LogP contribution in [-0.4, -0.2) is 48.2 Å². The van der Waals surface area contributed by atoms with Gasteiger partial charge in [-0.25, -0.2) is 0 Å². The number of hydrogen-bond donors (Lipinski definition) is 1. The molecule has 2 bridgehead atoms. The summed E-state index contributed by atoms with van der Waals surface area (Å²) >= 11 is 0. The zero-order chi connectivity index (χ0) is 15.6. The molecule has 118 valence electrons. The molecule has 2 aliphatic carbocycles. The number of carbonyl (C=O) groups is 2. The van der Waals surface area contributed by atoms with Gasteiger partial charge in [0.1, 0.15) is 0 Å². The highest BCUT2D eigenvalue weighted by Crippen LogP contribution is 2.48. The minimum absolute atomic E-state index is 0.0163. The van der Waals surface area contributed by atoms with E-state index in [1.54, 1.807) is 12.0 Å². The van der Waals surface area contributed by atoms with Crippen molar-refractivity contribution in [3.63, 3.8) is 0 Å². The number of methoxy groups -OCH3 is 1. The quantitative estimate of drug-likeness (QED) is 0.727. The van der Waals surface area contributed by atoms with Gasteiger partial charge in [-0.05, 0) is 31.6 Å². The highest BCUT2D eigenvalue weighted by Gasteiger charge is 2.52. The lowest BCUT2D eigenvalue weighted by atomic mass is 9.82. The van der Waals surface area contributed by atoms with Crippen molar-refractivity contribution in [3.8, 4) is 0 Å². The SMILES string of the molecule is CCC(C)N(CCOC)C(=O)C1C2C=CC(C2)C1C(=O)O. The predicted octanol–water partition coefficient (Wildman–Crippen LogP) is 1.78. The molecule has 5 nitrogen and oxygen atoms in total. The Balaban J connectivity index is 2.19. The first-order chi connectivity index (χ1) is 10.0. The molecule has 1 fully saturated rings. The number of carboxylic acid groups (broad SMARTS) is 1. The molecule has 0 aromatic rings. The fourth-order valence-electron chi connectivity index (χ4n) is 3.64. The van der Waals surface area contributed by atoms with Crippen molar-refractivity contribution in [2.45, 2.75) is 32.7 Å². The Hall–Kier alpha value is -1.36. The predicted molar refractivity (Wildman–Crippen MR) is 78.7 cm³/mol. The number of nitrogens with zero attached hydrogens (tertiary/aromatic N) is 1. The molecule has 1 amide bonds. The maximum Gasteiger partial charge on any atom is 0.307 e. The minimum atomic E-state index is -0.846. The van der Waals surface area contributed by atoms with Gasteiger partial charge in [0.15, 0.2) is 0 Å². The Labute approximate surface area is 126 Å². The second-order valence-electron chi connectivity index (χ2n) is 6.12. The summed E-state index contributed by atoms with van der Waals surface area (Å²) in [4.78, 5) is 26.3. The van der Waals surface area contributed by atoms with E-state index in [2.05, 4.69) is 0 Å². The van der Waals surface area contributed by atoms with Crippen LogP contribution in [0.1, 0.15) is 26.7 Å². The van der Waals surface area contributed by atoms with Crippen molar-refractivity contribution < 1.29 is 19.4 Å². The molecule has 5 atom stereocenters. The number of fused-ring (bicyclic) bond motifs is 2. The lowest BCUT2D eigenvalue weighted by Crippen LogP contribution is -2.47. The van der Waals surface area contributed by atoms with Gasteiger partial charge in [-0.3, -0.25) is 9.59 Å². The van der Waals surface area contributed by atoms with E-state index in [0.717, 1.165) is 12.8 Å². The summed E-state index contributed by atoms with van der Waals surface area (Å²) in [6.07, 6.45) is 5.64. The summed E-state index contributed by atoms with van der Waals surface area (Å²) in [6, 6.07) is 0.102. The van der Waals surface area contributed by atoms with Crippen LogP contribution in [0.3, 0.4) is 0 Å². The van der Waals surface area contributed by atoms with Gasteiger partial charge in [-0.2, -0.15) is 0 Å². The van der Waals surface area contributed by atoms with Gasteiger partial charge in [0.2, 0.25) is 5.91 Å². The Morgan fingerprint density at radius 3 is 2.48 bits per heavy atom. The molecule has 5 unspecified atom stereocenters. The van der Waals surface area contributed by atoms with Crippen molar-refractivity contribution in [1.29, 1.82) is 0 Å². The van der Waals surface area contributed by atoms with E-state index in [0.29, 0.717) is 13.2 Å². The van der Waals surface area contributed by atoms with Crippen molar-refractivity contribution in [1.82, 2.24) is 4.90 Å². The third kappa shape index (κ3) is 2.98. The number of carbonyl (C=O) groups excluding carboxylic acids is 1. The van der Waals surface area contributed by atoms with E-state index in [1.807, 2.05) is 26.0 Å². The molecule has 0 radical (unpaired) electrons. The third-order valence-corrected chi connectivity index (χ3v) is 4.97. The largest absolute Gasteiger partial charge is 0.481 e. The Morgan fingerprint density at radius 1 is 1.33 bits per heavy atom. The highest BCUT2D eigenvalue weighted by molar-refractivity contribution is 5.87. The van der Waals surface area contributed by atoms with E-state index >= 15 is 0 Å². The van der Waals surface area contributed by atoms with Crippen LogP contribution >= 0.6 is 0 Å². The molecule has 0 heterocycles. The number of aliphatic carboxylic acids is 1. The van der Waals surface area contributed by atoms with Gasteiger partial charge in [-0.15, -0.1) is 0 Å². The number of allylic oxidation sites excluding steroid dienone is 2. The topological polar surface area (TPSA) is 66.8 Å². The van der Waals surface area contributed by atoms with Crippen LogP contribution in [0.5, 0.6) is 0 Å². The summed E-state index contributed by atoms with van der Waals surface area (Å²) in [6.45, 7) is 5.04. The molecule has 5 heteroatoms. The van der Waals surface area contributed by atoms with Crippen molar-refractivity contribution >= 4 is 11.9 Å². The van der Waals surface area contributed by atoms with Gasteiger partial charge in [-0.1, -0.05) is 19.1 Å².